The van der Waals surface area contributed by atoms with Gasteiger partial charge in [-0.15, -0.1) is 0 Å². The van der Waals surface area contributed by atoms with Crippen LogP contribution in [0.2, 0.25) is 0 Å². The van der Waals surface area contributed by atoms with Gasteiger partial charge < -0.3 is 10.1 Å². The second kappa shape index (κ2) is 8.53. The fourth-order valence-electron chi connectivity index (χ4n) is 1.74. The van der Waals surface area contributed by atoms with Crippen LogP contribution in [0.25, 0.3) is 0 Å². The molecular weight excluding hydrogens is 204 g/mol. The summed E-state index contributed by atoms with van der Waals surface area (Å²) in [7, 11) is 1.42. The lowest BCUT2D eigenvalue weighted by molar-refractivity contribution is -0.140. The molecule has 4 nitrogen and oxygen atoms in total. The van der Waals surface area contributed by atoms with E-state index in [0.29, 0.717) is 25.0 Å². The Balaban J connectivity index is 3.59. The molecule has 0 spiro atoms. The van der Waals surface area contributed by atoms with Crippen molar-refractivity contribution in [2.24, 2.45) is 0 Å². The van der Waals surface area contributed by atoms with Crippen LogP contribution in [0.4, 0.5) is 0 Å². The van der Waals surface area contributed by atoms with Crippen molar-refractivity contribution in [1.29, 1.82) is 0 Å². The van der Waals surface area contributed by atoms with Crippen molar-refractivity contribution in [2.45, 2.75) is 46.2 Å². The maximum atomic E-state index is 10.9. The molecular formula is C12H26N2O2. The van der Waals surface area contributed by atoms with Crippen LogP contribution < -0.4 is 5.32 Å². The molecule has 0 saturated carbocycles. The highest BCUT2D eigenvalue weighted by Crippen LogP contribution is 2.03. The number of esters is 1. The molecule has 0 aliphatic heterocycles. The van der Waals surface area contributed by atoms with Crippen LogP contribution in [-0.4, -0.2) is 49.7 Å². The summed E-state index contributed by atoms with van der Waals surface area (Å²) in [4.78, 5) is 13.3. The van der Waals surface area contributed by atoms with Crippen LogP contribution in [0, 0.1) is 0 Å². The first-order chi connectivity index (χ1) is 7.49. The van der Waals surface area contributed by atoms with Crippen LogP contribution in [0.5, 0.6) is 0 Å². The lowest BCUT2D eigenvalue weighted by Crippen LogP contribution is -2.41. The van der Waals surface area contributed by atoms with Crippen LogP contribution in [0.1, 0.15) is 34.1 Å². The third-order valence-electron chi connectivity index (χ3n) is 2.61. The molecule has 16 heavy (non-hydrogen) atoms. The number of methoxy groups -OCH3 is 1. The highest BCUT2D eigenvalue weighted by molar-refractivity contribution is 5.69. The number of ether oxygens (including phenoxy) is 1. The summed E-state index contributed by atoms with van der Waals surface area (Å²) < 4.78 is 4.56. The first-order valence-electron chi connectivity index (χ1n) is 6.02. The average Bonchev–Trinajstić information content (AvgIpc) is 2.21. The van der Waals surface area contributed by atoms with Gasteiger partial charge in [0.15, 0.2) is 0 Å². The number of rotatable bonds is 8. The molecule has 0 atom stereocenters. The molecule has 1 N–H and O–H groups in total. The predicted octanol–water partition coefficient (Wildman–Crippen LogP) is 1.26. The van der Waals surface area contributed by atoms with Crippen molar-refractivity contribution in [2.75, 3.05) is 26.7 Å². The molecule has 4 heteroatoms. The van der Waals surface area contributed by atoms with E-state index in [1.165, 1.54) is 7.11 Å². The fraction of sp³-hybridized carbons (Fsp3) is 0.917. The number of nitrogens with zero attached hydrogens (tertiary/aromatic N) is 1. The summed E-state index contributed by atoms with van der Waals surface area (Å²) in [6.07, 6.45) is 0.444. The first kappa shape index (κ1) is 15.4. The van der Waals surface area contributed by atoms with Gasteiger partial charge in [-0.3, -0.25) is 9.69 Å². The highest BCUT2D eigenvalue weighted by atomic mass is 16.5. The van der Waals surface area contributed by atoms with Crippen molar-refractivity contribution < 1.29 is 9.53 Å². The normalized spacial score (nSPS) is 11.5. The van der Waals surface area contributed by atoms with Crippen LogP contribution in [-0.2, 0) is 9.53 Å². The molecule has 0 aromatic heterocycles. The number of carbonyl (C=O) groups excluding carboxylic acids is 1. The lowest BCUT2D eigenvalue weighted by Gasteiger charge is -2.30. The molecule has 0 aromatic carbocycles. The van der Waals surface area contributed by atoms with Crippen molar-refractivity contribution in [3.05, 3.63) is 0 Å². The van der Waals surface area contributed by atoms with Gasteiger partial charge in [0.25, 0.3) is 0 Å². The van der Waals surface area contributed by atoms with Gasteiger partial charge in [0.2, 0.25) is 0 Å². The summed E-state index contributed by atoms with van der Waals surface area (Å²) in [5.74, 6) is -0.155. The van der Waals surface area contributed by atoms with Gasteiger partial charge in [-0.05, 0) is 27.7 Å². The van der Waals surface area contributed by atoms with Gasteiger partial charge in [0.05, 0.1) is 13.5 Å². The summed E-state index contributed by atoms with van der Waals surface area (Å²) in [5, 5.41) is 3.25. The molecule has 0 fully saturated rings. The Morgan fingerprint density at radius 1 is 1.19 bits per heavy atom. The Hall–Kier alpha value is -0.610. The quantitative estimate of drug-likeness (QED) is 0.503. The maximum absolute atomic E-state index is 10.9. The first-order valence-corrected chi connectivity index (χ1v) is 6.02. The maximum Gasteiger partial charge on any atom is 0.306 e. The number of hydrogen-bond donors (Lipinski definition) is 1. The third kappa shape index (κ3) is 6.80. The summed E-state index contributed by atoms with van der Waals surface area (Å²) in [6.45, 7) is 11.4. The molecule has 0 aliphatic rings. The molecule has 0 saturated heterocycles. The summed E-state index contributed by atoms with van der Waals surface area (Å²) in [6, 6.07) is 1.12. The second-order valence-corrected chi connectivity index (χ2v) is 4.50. The van der Waals surface area contributed by atoms with E-state index in [1.54, 1.807) is 0 Å². The Bertz CT molecular complexity index is 185. The number of nitrogens with one attached hydrogen (secondary N) is 1. The monoisotopic (exact) mass is 230 g/mol. The number of carbonyl (C=O) groups is 1. The second-order valence-electron chi connectivity index (χ2n) is 4.50. The van der Waals surface area contributed by atoms with Gasteiger partial charge in [0, 0.05) is 31.7 Å². The topological polar surface area (TPSA) is 41.6 Å². The minimum Gasteiger partial charge on any atom is -0.469 e. The highest BCUT2D eigenvalue weighted by Gasteiger charge is 2.12. The molecule has 0 aromatic rings. The fourth-order valence-corrected chi connectivity index (χ4v) is 1.74. The van der Waals surface area contributed by atoms with E-state index in [0.717, 1.165) is 13.1 Å². The zero-order valence-electron chi connectivity index (χ0n) is 11.2. The molecule has 0 unspecified atom stereocenters. The van der Waals surface area contributed by atoms with Crippen molar-refractivity contribution in [3.63, 3.8) is 0 Å². The molecule has 0 radical (unpaired) electrons. The standard InChI is InChI=1S/C12H26N2O2/c1-10(2)14(11(3)4)9-8-13-7-6-12(15)16-5/h10-11,13H,6-9H2,1-5H3. The Kier molecular flexibility index (Phi) is 8.21. The molecule has 0 amide bonds. The van der Waals surface area contributed by atoms with Crippen molar-refractivity contribution in [1.82, 2.24) is 10.2 Å². The van der Waals surface area contributed by atoms with E-state index >= 15 is 0 Å². The molecule has 0 rings (SSSR count). The largest absolute Gasteiger partial charge is 0.469 e. The summed E-state index contributed by atoms with van der Waals surface area (Å²) in [5.41, 5.74) is 0. The molecule has 96 valence electrons. The average molecular weight is 230 g/mol. The SMILES string of the molecule is COC(=O)CCNCCN(C(C)C)C(C)C. The van der Waals surface area contributed by atoms with Gasteiger partial charge in [-0.2, -0.15) is 0 Å². The van der Waals surface area contributed by atoms with Gasteiger partial charge in [-0.25, -0.2) is 0 Å². The Morgan fingerprint density at radius 3 is 2.19 bits per heavy atom. The van der Waals surface area contributed by atoms with Gasteiger partial charge in [-0.1, -0.05) is 0 Å². The molecule has 0 heterocycles. The van der Waals surface area contributed by atoms with Crippen LogP contribution >= 0.6 is 0 Å². The van der Waals surface area contributed by atoms with E-state index in [-0.39, 0.29) is 5.97 Å². The molecule has 0 aliphatic carbocycles. The molecule has 0 bridgehead atoms. The third-order valence-corrected chi connectivity index (χ3v) is 2.61. The van der Waals surface area contributed by atoms with Crippen LogP contribution in [0.15, 0.2) is 0 Å². The minimum atomic E-state index is -0.155. The van der Waals surface area contributed by atoms with Crippen molar-refractivity contribution >= 4 is 5.97 Å². The van der Waals surface area contributed by atoms with E-state index in [9.17, 15) is 4.79 Å². The Labute approximate surface area is 99.3 Å². The summed E-state index contributed by atoms with van der Waals surface area (Å²) >= 11 is 0. The van der Waals surface area contributed by atoms with E-state index in [2.05, 4.69) is 42.6 Å². The Morgan fingerprint density at radius 2 is 1.75 bits per heavy atom. The van der Waals surface area contributed by atoms with Crippen molar-refractivity contribution in [3.8, 4) is 0 Å². The zero-order chi connectivity index (χ0) is 12.6. The lowest BCUT2D eigenvalue weighted by atomic mass is 10.2. The van der Waals surface area contributed by atoms with E-state index in [4.69, 9.17) is 0 Å². The number of hydrogen-bond acceptors (Lipinski definition) is 4. The smallest absolute Gasteiger partial charge is 0.306 e. The van der Waals surface area contributed by atoms with Gasteiger partial charge >= 0.3 is 5.97 Å². The van der Waals surface area contributed by atoms with E-state index in [1.807, 2.05) is 0 Å². The van der Waals surface area contributed by atoms with Crippen LogP contribution in [0.3, 0.4) is 0 Å². The minimum absolute atomic E-state index is 0.155. The predicted molar refractivity (Wildman–Crippen MR) is 66.5 cm³/mol. The van der Waals surface area contributed by atoms with E-state index < -0.39 is 0 Å². The zero-order valence-corrected chi connectivity index (χ0v) is 11.2. The van der Waals surface area contributed by atoms with Gasteiger partial charge in [0.1, 0.15) is 0 Å².